The van der Waals surface area contributed by atoms with Crippen LogP contribution in [0.2, 0.25) is 0 Å². The largest absolute Gasteiger partial charge is 0.289 e. The maximum Gasteiger partial charge on any atom is 0.186 e. The van der Waals surface area contributed by atoms with E-state index in [1.165, 1.54) is 0 Å². The second-order valence-electron chi connectivity index (χ2n) is 4.56. The minimum atomic E-state index is 0.0653. The third-order valence-electron chi connectivity index (χ3n) is 3.34. The number of allylic oxidation sites excluding steroid dienone is 2. The second kappa shape index (κ2) is 4.69. The first kappa shape index (κ1) is 11.7. The summed E-state index contributed by atoms with van der Waals surface area (Å²) >= 11 is 0. The van der Waals surface area contributed by atoms with E-state index < -0.39 is 0 Å². The topological polar surface area (TPSA) is 17.1 Å². The maximum absolute atomic E-state index is 12.4. The highest BCUT2D eigenvalue weighted by molar-refractivity contribution is 6.22. The van der Waals surface area contributed by atoms with Crippen LogP contribution in [0.4, 0.5) is 0 Å². The number of carbonyl (C=O) groups is 1. The Bertz CT molecular complexity index is 743. The van der Waals surface area contributed by atoms with Crippen LogP contribution in [0.25, 0.3) is 21.5 Å². The molecule has 0 amide bonds. The van der Waals surface area contributed by atoms with Gasteiger partial charge < -0.3 is 0 Å². The zero-order chi connectivity index (χ0) is 13.2. The number of rotatable bonds is 2. The molecular formula is C18H14O. The number of ketones is 1. The normalized spacial score (nSPS) is 11.4. The highest BCUT2D eigenvalue weighted by atomic mass is 16.1. The molecule has 1 nitrogen and oxygen atoms in total. The monoisotopic (exact) mass is 246 g/mol. The van der Waals surface area contributed by atoms with Gasteiger partial charge in [-0.1, -0.05) is 54.6 Å². The van der Waals surface area contributed by atoms with Crippen molar-refractivity contribution in [2.45, 2.75) is 6.92 Å². The first-order chi connectivity index (χ1) is 9.31. The molecule has 0 fully saturated rings. The predicted octanol–water partition coefficient (Wildman–Crippen LogP) is 4.75. The molecule has 0 aromatic heterocycles. The number of hydrogen-bond donors (Lipinski definition) is 0. The summed E-state index contributed by atoms with van der Waals surface area (Å²) in [5.41, 5.74) is 0.798. The van der Waals surface area contributed by atoms with Crippen molar-refractivity contribution in [2.24, 2.45) is 0 Å². The lowest BCUT2D eigenvalue weighted by atomic mass is 9.94. The average molecular weight is 246 g/mol. The quantitative estimate of drug-likeness (QED) is 0.362. The fourth-order valence-corrected chi connectivity index (χ4v) is 2.51. The van der Waals surface area contributed by atoms with Gasteiger partial charge in [0.1, 0.15) is 0 Å². The Balaban J connectivity index is 2.49. The Kier molecular flexibility index (Phi) is 2.88. The summed E-state index contributed by atoms with van der Waals surface area (Å²) in [5, 5.41) is 4.25. The van der Waals surface area contributed by atoms with Crippen molar-refractivity contribution in [3.8, 4) is 0 Å². The van der Waals surface area contributed by atoms with Gasteiger partial charge in [0, 0.05) is 5.56 Å². The van der Waals surface area contributed by atoms with E-state index in [2.05, 4.69) is 6.07 Å². The molecule has 0 radical (unpaired) electrons. The van der Waals surface area contributed by atoms with Gasteiger partial charge in [-0.25, -0.2) is 0 Å². The Labute approximate surface area is 112 Å². The van der Waals surface area contributed by atoms with Gasteiger partial charge >= 0.3 is 0 Å². The summed E-state index contributed by atoms with van der Waals surface area (Å²) in [5.74, 6) is 0.0653. The van der Waals surface area contributed by atoms with Crippen LogP contribution in [0.5, 0.6) is 0 Å². The third kappa shape index (κ3) is 1.93. The zero-order valence-electron chi connectivity index (χ0n) is 10.8. The Hall–Kier alpha value is -2.41. The summed E-state index contributed by atoms with van der Waals surface area (Å²) in [6.07, 6.45) is 3.42. The van der Waals surface area contributed by atoms with Crippen LogP contribution in [-0.2, 0) is 0 Å². The molecule has 1 heteroatoms. The molecule has 92 valence electrons. The molecule has 0 heterocycles. The van der Waals surface area contributed by atoms with Crippen molar-refractivity contribution in [1.29, 1.82) is 0 Å². The second-order valence-corrected chi connectivity index (χ2v) is 4.56. The standard InChI is InChI=1S/C18H14O/c1-2-7-17(19)18-15-10-5-3-8-13(15)12-14-9-4-6-11-16(14)18/h2-12H,1H3. The smallest absolute Gasteiger partial charge is 0.186 e. The molecule has 0 saturated carbocycles. The van der Waals surface area contributed by atoms with E-state index in [1.54, 1.807) is 12.2 Å². The van der Waals surface area contributed by atoms with E-state index in [4.69, 9.17) is 0 Å². The highest BCUT2D eigenvalue weighted by Crippen LogP contribution is 2.28. The number of hydrogen-bond acceptors (Lipinski definition) is 1. The van der Waals surface area contributed by atoms with E-state index >= 15 is 0 Å². The summed E-state index contributed by atoms with van der Waals surface area (Å²) < 4.78 is 0. The molecule has 3 aromatic rings. The summed E-state index contributed by atoms with van der Waals surface area (Å²) in [4.78, 5) is 12.4. The van der Waals surface area contributed by atoms with Crippen LogP contribution in [0, 0.1) is 0 Å². The lowest BCUT2D eigenvalue weighted by molar-refractivity contribution is 0.104. The van der Waals surface area contributed by atoms with Crippen LogP contribution in [-0.4, -0.2) is 5.78 Å². The molecule has 0 atom stereocenters. The van der Waals surface area contributed by atoms with Gasteiger partial charge in [-0.05, 0) is 40.6 Å². The molecule has 0 spiro atoms. The predicted molar refractivity (Wildman–Crippen MR) is 80.6 cm³/mol. The lowest BCUT2D eigenvalue weighted by Crippen LogP contribution is -1.97. The van der Waals surface area contributed by atoms with Crippen molar-refractivity contribution >= 4 is 27.3 Å². The first-order valence-electron chi connectivity index (χ1n) is 6.39. The maximum atomic E-state index is 12.4. The van der Waals surface area contributed by atoms with Crippen molar-refractivity contribution in [1.82, 2.24) is 0 Å². The van der Waals surface area contributed by atoms with Crippen molar-refractivity contribution in [2.75, 3.05) is 0 Å². The van der Waals surface area contributed by atoms with Gasteiger partial charge in [-0.3, -0.25) is 4.79 Å². The van der Waals surface area contributed by atoms with E-state index in [-0.39, 0.29) is 5.78 Å². The number of fused-ring (bicyclic) bond motifs is 2. The van der Waals surface area contributed by atoms with Gasteiger partial charge in [0.2, 0.25) is 0 Å². The van der Waals surface area contributed by atoms with Gasteiger partial charge in [0.05, 0.1) is 0 Å². The van der Waals surface area contributed by atoms with Crippen LogP contribution in [0.1, 0.15) is 17.3 Å². The van der Waals surface area contributed by atoms with E-state index in [0.29, 0.717) is 0 Å². The minimum Gasteiger partial charge on any atom is -0.289 e. The fraction of sp³-hybridized carbons (Fsp3) is 0.0556. The number of carbonyl (C=O) groups excluding carboxylic acids is 1. The van der Waals surface area contributed by atoms with Crippen molar-refractivity contribution < 1.29 is 4.79 Å². The van der Waals surface area contributed by atoms with E-state index in [0.717, 1.165) is 27.1 Å². The fourth-order valence-electron chi connectivity index (χ4n) is 2.51. The summed E-state index contributed by atoms with van der Waals surface area (Å²) in [7, 11) is 0. The highest BCUT2D eigenvalue weighted by Gasteiger charge is 2.11. The molecule has 0 aliphatic rings. The molecule has 3 aromatic carbocycles. The minimum absolute atomic E-state index is 0.0653. The molecule has 19 heavy (non-hydrogen) atoms. The number of benzene rings is 3. The van der Waals surface area contributed by atoms with Gasteiger partial charge in [-0.15, -0.1) is 0 Å². The first-order valence-corrected chi connectivity index (χ1v) is 6.39. The molecule has 0 aliphatic heterocycles. The van der Waals surface area contributed by atoms with Crippen molar-refractivity contribution in [3.05, 3.63) is 72.3 Å². The van der Waals surface area contributed by atoms with Gasteiger partial charge in [0.25, 0.3) is 0 Å². The summed E-state index contributed by atoms with van der Waals surface area (Å²) in [6, 6.07) is 18.2. The SMILES string of the molecule is CC=CC(=O)c1c2ccccc2cc2ccccc12. The zero-order valence-corrected chi connectivity index (χ0v) is 10.8. The van der Waals surface area contributed by atoms with Crippen molar-refractivity contribution in [3.63, 3.8) is 0 Å². The average Bonchev–Trinajstić information content (AvgIpc) is 2.44. The van der Waals surface area contributed by atoms with Gasteiger partial charge in [0.15, 0.2) is 5.78 Å². The molecular weight excluding hydrogens is 232 g/mol. The lowest BCUT2D eigenvalue weighted by Gasteiger charge is -2.08. The summed E-state index contributed by atoms with van der Waals surface area (Å²) in [6.45, 7) is 1.87. The Morgan fingerprint density at radius 1 is 0.895 bits per heavy atom. The van der Waals surface area contributed by atoms with E-state index in [9.17, 15) is 4.79 Å². The molecule has 0 bridgehead atoms. The Morgan fingerprint density at radius 3 is 1.95 bits per heavy atom. The third-order valence-corrected chi connectivity index (χ3v) is 3.34. The van der Waals surface area contributed by atoms with E-state index in [1.807, 2.05) is 55.5 Å². The Morgan fingerprint density at radius 2 is 1.42 bits per heavy atom. The van der Waals surface area contributed by atoms with Crippen LogP contribution < -0.4 is 0 Å². The van der Waals surface area contributed by atoms with Crippen LogP contribution in [0.15, 0.2) is 66.7 Å². The molecule has 3 rings (SSSR count). The van der Waals surface area contributed by atoms with Gasteiger partial charge in [-0.2, -0.15) is 0 Å². The molecule has 0 N–H and O–H groups in total. The molecule has 0 aliphatic carbocycles. The van der Waals surface area contributed by atoms with Crippen LogP contribution in [0.3, 0.4) is 0 Å². The molecule has 0 saturated heterocycles. The van der Waals surface area contributed by atoms with Crippen LogP contribution >= 0.6 is 0 Å². The molecule has 0 unspecified atom stereocenters.